The zero-order valence-electron chi connectivity index (χ0n) is 16.1. The number of aromatic amines is 1. The second-order valence-corrected chi connectivity index (χ2v) is 7.19. The molecule has 7 heteroatoms. The van der Waals surface area contributed by atoms with E-state index in [1.54, 1.807) is 12.1 Å². The summed E-state index contributed by atoms with van der Waals surface area (Å²) < 4.78 is 26.9. The molecule has 0 aliphatic rings. The number of benzene rings is 4. The number of halogens is 2. The molecule has 31 heavy (non-hydrogen) atoms. The first kappa shape index (κ1) is 18.7. The molecule has 0 radical (unpaired) electrons. The van der Waals surface area contributed by atoms with E-state index in [1.807, 2.05) is 42.5 Å². The third-order valence-corrected chi connectivity index (χ3v) is 5.17. The maximum atomic E-state index is 13.4. The largest absolute Gasteiger partial charge is 0.382 e. The maximum Gasteiger partial charge on any atom is 0.256 e. The number of fused-ring (bicyclic) bond motifs is 2. The van der Waals surface area contributed by atoms with Crippen molar-refractivity contribution in [3.63, 3.8) is 0 Å². The van der Waals surface area contributed by atoms with Crippen LogP contribution in [0.15, 0.2) is 72.8 Å². The van der Waals surface area contributed by atoms with Crippen molar-refractivity contribution >= 4 is 39.1 Å². The van der Waals surface area contributed by atoms with E-state index in [9.17, 15) is 13.6 Å². The molecule has 0 saturated carbocycles. The summed E-state index contributed by atoms with van der Waals surface area (Å²) in [5.74, 6) is -1.55. The number of anilines is 2. The number of H-pyrrole nitrogens is 1. The van der Waals surface area contributed by atoms with Crippen LogP contribution in [0.3, 0.4) is 0 Å². The normalized spacial score (nSPS) is 11.2. The summed E-state index contributed by atoms with van der Waals surface area (Å²) in [4.78, 5) is 12.8. The van der Waals surface area contributed by atoms with Crippen molar-refractivity contribution < 1.29 is 13.6 Å². The minimum Gasteiger partial charge on any atom is -0.382 e. The summed E-state index contributed by atoms with van der Waals surface area (Å²) in [5, 5.41) is 11.9. The molecule has 0 aliphatic carbocycles. The Morgan fingerprint density at radius 3 is 2.52 bits per heavy atom. The van der Waals surface area contributed by atoms with Crippen LogP contribution >= 0.6 is 0 Å². The molecule has 0 spiro atoms. The molecule has 0 aliphatic heterocycles. The standard InChI is InChI=1S/C24H16F2N4O/c25-15-10-16(26)12-17(11-15)28-24(31)20-5-1-3-13-9-14(7-8-18(13)20)19-4-2-6-21-22(19)23(27)30-29-21/h1-12H,(H,28,31)(H3,27,29,30). The van der Waals surface area contributed by atoms with E-state index in [0.717, 1.165) is 45.6 Å². The second-order valence-electron chi connectivity index (χ2n) is 7.19. The number of hydrogen-bond donors (Lipinski definition) is 3. The molecule has 0 bridgehead atoms. The second kappa shape index (κ2) is 7.21. The fourth-order valence-electron chi connectivity index (χ4n) is 3.81. The van der Waals surface area contributed by atoms with Crippen molar-refractivity contribution in [1.82, 2.24) is 10.2 Å². The molecule has 5 rings (SSSR count). The van der Waals surface area contributed by atoms with Crippen molar-refractivity contribution in [3.8, 4) is 11.1 Å². The van der Waals surface area contributed by atoms with Crippen LogP contribution in [0.4, 0.5) is 20.3 Å². The van der Waals surface area contributed by atoms with E-state index in [1.165, 1.54) is 0 Å². The molecule has 0 saturated heterocycles. The Balaban J connectivity index is 1.56. The van der Waals surface area contributed by atoms with Crippen LogP contribution in [0.1, 0.15) is 10.4 Å². The summed E-state index contributed by atoms with van der Waals surface area (Å²) in [6.45, 7) is 0. The lowest BCUT2D eigenvalue weighted by atomic mass is 9.96. The average Bonchev–Trinajstić information content (AvgIpc) is 3.13. The molecule has 0 fully saturated rings. The fraction of sp³-hybridized carbons (Fsp3) is 0. The molecule has 1 aromatic heterocycles. The Kier molecular flexibility index (Phi) is 4.36. The predicted molar refractivity (Wildman–Crippen MR) is 118 cm³/mol. The number of nitrogen functional groups attached to an aromatic ring is 1. The number of nitrogens with two attached hydrogens (primary N) is 1. The van der Waals surface area contributed by atoms with Crippen LogP contribution in [-0.4, -0.2) is 16.1 Å². The van der Waals surface area contributed by atoms with Gasteiger partial charge in [0.15, 0.2) is 5.82 Å². The molecule has 0 unspecified atom stereocenters. The van der Waals surface area contributed by atoms with E-state index < -0.39 is 17.5 Å². The molecule has 1 amide bonds. The smallest absolute Gasteiger partial charge is 0.256 e. The summed E-state index contributed by atoms with van der Waals surface area (Å²) in [5.41, 5.74) is 9.18. The number of hydrogen-bond acceptors (Lipinski definition) is 3. The van der Waals surface area contributed by atoms with Gasteiger partial charge in [-0.05, 0) is 52.2 Å². The van der Waals surface area contributed by atoms with Crippen LogP contribution in [0.25, 0.3) is 32.8 Å². The van der Waals surface area contributed by atoms with Gasteiger partial charge in [0.05, 0.1) is 10.9 Å². The minimum atomic E-state index is -0.759. The molecule has 4 N–H and O–H groups in total. The first-order valence-corrected chi connectivity index (χ1v) is 9.53. The number of carbonyl (C=O) groups excluding carboxylic acids is 1. The predicted octanol–water partition coefficient (Wildman–Crippen LogP) is 5.50. The van der Waals surface area contributed by atoms with Crippen LogP contribution in [-0.2, 0) is 0 Å². The Morgan fingerprint density at radius 2 is 1.71 bits per heavy atom. The van der Waals surface area contributed by atoms with Crippen LogP contribution in [0.2, 0.25) is 0 Å². The highest BCUT2D eigenvalue weighted by molar-refractivity contribution is 6.13. The summed E-state index contributed by atoms with van der Waals surface area (Å²) in [6, 6.07) is 19.7. The number of nitrogens with zero attached hydrogens (tertiary/aromatic N) is 1. The number of aromatic nitrogens is 2. The third kappa shape index (κ3) is 3.36. The first-order valence-electron chi connectivity index (χ1n) is 9.53. The highest BCUT2D eigenvalue weighted by Crippen LogP contribution is 2.33. The Labute approximate surface area is 175 Å². The molecule has 0 atom stereocenters. The maximum absolute atomic E-state index is 13.4. The lowest BCUT2D eigenvalue weighted by Crippen LogP contribution is -2.12. The molecule has 4 aromatic carbocycles. The van der Waals surface area contributed by atoms with Gasteiger partial charge in [-0.15, -0.1) is 0 Å². The summed E-state index contributed by atoms with van der Waals surface area (Å²) >= 11 is 0. The third-order valence-electron chi connectivity index (χ3n) is 5.17. The van der Waals surface area contributed by atoms with E-state index in [-0.39, 0.29) is 5.69 Å². The SMILES string of the molecule is Nc1n[nH]c2cccc(-c3ccc4c(C(=O)Nc5cc(F)cc(F)c5)cccc4c3)c12. The van der Waals surface area contributed by atoms with Gasteiger partial charge in [0.2, 0.25) is 0 Å². The van der Waals surface area contributed by atoms with Crippen LogP contribution < -0.4 is 11.1 Å². The topological polar surface area (TPSA) is 83.8 Å². The van der Waals surface area contributed by atoms with E-state index in [0.29, 0.717) is 16.8 Å². The van der Waals surface area contributed by atoms with Crippen LogP contribution in [0.5, 0.6) is 0 Å². The molecule has 5 aromatic rings. The van der Waals surface area contributed by atoms with Crippen molar-refractivity contribution in [3.05, 3.63) is 90.0 Å². The van der Waals surface area contributed by atoms with Gasteiger partial charge in [-0.1, -0.05) is 36.4 Å². The fourth-order valence-corrected chi connectivity index (χ4v) is 3.81. The van der Waals surface area contributed by atoms with Gasteiger partial charge < -0.3 is 11.1 Å². The van der Waals surface area contributed by atoms with Crippen LogP contribution in [0, 0.1) is 11.6 Å². The molecule has 5 nitrogen and oxygen atoms in total. The zero-order valence-corrected chi connectivity index (χ0v) is 16.1. The monoisotopic (exact) mass is 414 g/mol. The van der Waals surface area contributed by atoms with Gasteiger partial charge in [-0.25, -0.2) is 8.78 Å². The van der Waals surface area contributed by atoms with Crippen molar-refractivity contribution in [2.24, 2.45) is 0 Å². The quantitative estimate of drug-likeness (QED) is 0.365. The number of amides is 1. The lowest BCUT2D eigenvalue weighted by molar-refractivity contribution is 0.102. The number of nitrogens with one attached hydrogen (secondary N) is 2. The lowest BCUT2D eigenvalue weighted by Gasteiger charge is -2.11. The Morgan fingerprint density at radius 1 is 0.935 bits per heavy atom. The van der Waals surface area contributed by atoms with Crippen molar-refractivity contribution in [2.45, 2.75) is 0 Å². The molecular weight excluding hydrogens is 398 g/mol. The minimum absolute atomic E-state index is 0.0539. The highest BCUT2D eigenvalue weighted by atomic mass is 19.1. The van der Waals surface area contributed by atoms with Crippen molar-refractivity contribution in [2.75, 3.05) is 11.1 Å². The summed E-state index contributed by atoms with van der Waals surface area (Å²) in [6.07, 6.45) is 0. The summed E-state index contributed by atoms with van der Waals surface area (Å²) in [7, 11) is 0. The Bertz CT molecular complexity index is 1460. The van der Waals surface area contributed by atoms with Gasteiger partial charge in [0.1, 0.15) is 11.6 Å². The Hall–Kier alpha value is -4.26. The van der Waals surface area contributed by atoms with Gasteiger partial charge in [-0.2, -0.15) is 5.10 Å². The van der Waals surface area contributed by atoms with Gasteiger partial charge in [-0.3, -0.25) is 9.89 Å². The van der Waals surface area contributed by atoms with E-state index >= 15 is 0 Å². The first-order chi connectivity index (χ1) is 15.0. The molecular formula is C24H16F2N4O. The highest BCUT2D eigenvalue weighted by Gasteiger charge is 2.14. The van der Waals surface area contributed by atoms with Crippen molar-refractivity contribution in [1.29, 1.82) is 0 Å². The van der Waals surface area contributed by atoms with E-state index in [2.05, 4.69) is 15.5 Å². The number of rotatable bonds is 3. The van der Waals surface area contributed by atoms with Gasteiger partial charge >= 0.3 is 0 Å². The average molecular weight is 414 g/mol. The molecule has 1 heterocycles. The van der Waals surface area contributed by atoms with E-state index in [4.69, 9.17) is 5.73 Å². The molecule has 152 valence electrons. The van der Waals surface area contributed by atoms with Gasteiger partial charge in [0.25, 0.3) is 5.91 Å². The van der Waals surface area contributed by atoms with Gasteiger partial charge in [0, 0.05) is 17.3 Å². The zero-order chi connectivity index (χ0) is 21.5. The number of carbonyl (C=O) groups is 1.